The van der Waals surface area contributed by atoms with Gasteiger partial charge in [-0.05, 0) is 24.3 Å². The lowest BCUT2D eigenvalue weighted by Gasteiger charge is -2.29. The number of nitrogens with zero attached hydrogens (tertiary/aromatic N) is 1. The van der Waals surface area contributed by atoms with E-state index in [1.165, 1.54) is 4.90 Å². The van der Waals surface area contributed by atoms with Gasteiger partial charge in [0.15, 0.2) is 0 Å². The number of fused-ring (bicyclic) bond motifs is 5. The number of amides is 2. The van der Waals surface area contributed by atoms with Crippen molar-refractivity contribution < 1.29 is 14.3 Å². The number of anilines is 2. The molecule has 3 heterocycles. The number of nitrogens with one attached hydrogen (secondary N) is 1. The first-order valence-electron chi connectivity index (χ1n) is 8.79. The summed E-state index contributed by atoms with van der Waals surface area (Å²) in [6, 6.07) is 18.9. The van der Waals surface area contributed by atoms with Crippen LogP contribution in [-0.2, 0) is 14.3 Å². The lowest BCUT2D eigenvalue weighted by atomic mass is 9.77. The summed E-state index contributed by atoms with van der Waals surface area (Å²) in [5.41, 5.74) is 0.812. The minimum absolute atomic E-state index is 0.165. The second kappa shape index (κ2) is 5.54. The van der Waals surface area contributed by atoms with Crippen LogP contribution in [0.3, 0.4) is 0 Å². The Morgan fingerprint density at radius 1 is 0.962 bits per heavy atom. The third-order valence-electron chi connectivity index (χ3n) is 5.51. The van der Waals surface area contributed by atoms with E-state index in [0.29, 0.717) is 12.2 Å². The number of hydrogen-bond acceptors (Lipinski definition) is 4. The van der Waals surface area contributed by atoms with Gasteiger partial charge in [-0.2, -0.15) is 0 Å². The number of imide groups is 1. The number of carbonyl (C=O) groups is 2. The summed E-state index contributed by atoms with van der Waals surface area (Å²) in [6.07, 6.45) is 3.55. The van der Waals surface area contributed by atoms with E-state index in [0.717, 1.165) is 5.69 Å². The zero-order chi connectivity index (χ0) is 17.7. The molecule has 3 aliphatic rings. The van der Waals surface area contributed by atoms with Gasteiger partial charge in [0.05, 0.1) is 23.6 Å². The zero-order valence-electron chi connectivity index (χ0n) is 14.0. The van der Waals surface area contributed by atoms with Crippen LogP contribution in [0.25, 0.3) is 0 Å². The number of hydrogen-bond donors (Lipinski definition) is 1. The molecule has 26 heavy (non-hydrogen) atoms. The zero-order valence-corrected chi connectivity index (χ0v) is 14.0. The highest BCUT2D eigenvalue weighted by Crippen LogP contribution is 2.52. The van der Waals surface area contributed by atoms with E-state index in [-0.39, 0.29) is 17.9 Å². The van der Waals surface area contributed by atoms with Crippen molar-refractivity contribution in [3.8, 4) is 0 Å². The van der Waals surface area contributed by atoms with Crippen molar-refractivity contribution in [3.63, 3.8) is 0 Å². The Bertz CT molecular complexity index is 896. The molecule has 0 spiro atoms. The Kier molecular flexibility index (Phi) is 3.27. The maximum Gasteiger partial charge on any atom is 0.241 e. The van der Waals surface area contributed by atoms with Crippen LogP contribution in [0.15, 0.2) is 72.8 Å². The predicted octanol–water partition coefficient (Wildman–Crippen LogP) is 2.61. The fourth-order valence-electron chi connectivity index (χ4n) is 4.33. The summed E-state index contributed by atoms with van der Waals surface area (Å²) in [4.78, 5) is 27.5. The standard InChI is InChI=1S/C21H18N2O3/c24-19-17-16-11-12-21(26-16,13-22-14-7-3-1-4-8-14)18(17)20(25)23(19)15-9-5-2-6-10-15/h1-12,16-18,22H,13H2/t16-,17-,18+,21+/m1/s1. The molecule has 0 aliphatic carbocycles. The normalized spacial score (nSPS) is 31.5. The van der Waals surface area contributed by atoms with Crippen molar-refractivity contribution in [1.82, 2.24) is 0 Å². The first kappa shape index (κ1) is 15.3. The van der Waals surface area contributed by atoms with E-state index in [1.54, 1.807) is 12.1 Å². The van der Waals surface area contributed by atoms with Crippen molar-refractivity contribution in [2.45, 2.75) is 11.7 Å². The molecule has 0 radical (unpaired) electrons. The number of para-hydroxylation sites is 2. The van der Waals surface area contributed by atoms with Gasteiger partial charge in [-0.3, -0.25) is 9.59 Å². The summed E-state index contributed by atoms with van der Waals surface area (Å²) >= 11 is 0. The Balaban J connectivity index is 1.46. The van der Waals surface area contributed by atoms with Crippen LogP contribution < -0.4 is 10.2 Å². The second-order valence-corrected chi connectivity index (χ2v) is 6.97. The summed E-state index contributed by atoms with van der Waals surface area (Å²) in [7, 11) is 0. The van der Waals surface area contributed by atoms with Gasteiger partial charge in [-0.1, -0.05) is 48.6 Å². The van der Waals surface area contributed by atoms with Crippen LogP contribution in [0.4, 0.5) is 11.4 Å². The fraction of sp³-hybridized carbons (Fsp3) is 0.238. The Morgan fingerprint density at radius 2 is 1.65 bits per heavy atom. The van der Waals surface area contributed by atoms with Crippen molar-refractivity contribution in [2.24, 2.45) is 11.8 Å². The highest BCUT2D eigenvalue weighted by atomic mass is 16.5. The minimum Gasteiger partial charge on any atom is -0.382 e. The van der Waals surface area contributed by atoms with Crippen molar-refractivity contribution in [2.75, 3.05) is 16.8 Å². The molecule has 1 N–H and O–H groups in total. The van der Waals surface area contributed by atoms with Crippen molar-refractivity contribution in [1.29, 1.82) is 0 Å². The predicted molar refractivity (Wildman–Crippen MR) is 97.6 cm³/mol. The van der Waals surface area contributed by atoms with Gasteiger partial charge in [0.25, 0.3) is 0 Å². The Labute approximate surface area is 151 Å². The second-order valence-electron chi connectivity index (χ2n) is 6.97. The molecule has 2 bridgehead atoms. The lowest BCUT2D eigenvalue weighted by molar-refractivity contribution is -0.126. The number of benzene rings is 2. The molecule has 0 saturated carbocycles. The van der Waals surface area contributed by atoms with Crippen LogP contribution >= 0.6 is 0 Å². The van der Waals surface area contributed by atoms with Gasteiger partial charge in [0, 0.05) is 12.2 Å². The van der Waals surface area contributed by atoms with Gasteiger partial charge in [-0.15, -0.1) is 0 Å². The topological polar surface area (TPSA) is 58.6 Å². The molecule has 4 atom stereocenters. The molecular formula is C21H18N2O3. The number of rotatable bonds is 4. The summed E-state index contributed by atoms with van der Waals surface area (Å²) in [5, 5.41) is 3.35. The molecular weight excluding hydrogens is 328 g/mol. The lowest BCUT2D eigenvalue weighted by Crippen LogP contribution is -2.45. The molecule has 5 heteroatoms. The average molecular weight is 346 g/mol. The quantitative estimate of drug-likeness (QED) is 0.683. The van der Waals surface area contributed by atoms with Crippen LogP contribution in [0.5, 0.6) is 0 Å². The molecule has 2 saturated heterocycles. The van der Waals surface area contributed by atoms with Crippen LogP contribution in [-0.4, -0.2) is 30.1 Å². The van der Waals surface area contributed by atoms with E-state index in [1.807, 2.05) is 60.7 Å². The number of ether oxygens (including phenoxy) is 1. The van der Waals surface area contributed by atoms with Crippen LogP contribution in [0, 0.1) is 11.8 Å². The minimum atomic E-state index is -0.776. The Morgan fingerprint density at radius 3 is 2.38 bits per heavy atom. The molecule has 5 rings (SSSR count). The summed E-state index contributed by atoms with van der Waals surface area (Å²) in [6.45, 7) is 0.451. The molecule has 2 fully saturated rings. The van der Waals surface area contributed by atoms with Crippen molar-refractivity contribution >= 4 is 23.2 Å². The van der Waals surface area contributed by atoms with E-state index >= 15 is 0 Å². The third kappa shape index (κ3) is 2.07. The molecule has 2 aromatic carbocycles. The first-order valence-corrected chi connectivity index (χ1v) is 8.79. The van der Waals surface area contributed by atoms with Gasteiger partial charge in [0.2, 0.25) is 11.8 Å². The van der Waals surface area contributed by atoms with E-state index in [2.05, 4.69) is 5.32 Å². The highest BCUT2D eigenvalue weighted by molar-refractivity contribution is 6.23. The number of carbonyl (C=O) groups excluding carboxylic acids is 2. The fourth-order valence-corrected chi connectivity index (χ4v) is 4.33. The maximum atomic E-state index is 13.2. The highest BCUT2D eigenvalue weighted by Gasteiger charge is 2.67. The van der Waals surface area contributed by atoms with Gasteiger partial charge in [-0.25, -0.2) is 4.90 Å². The molecule has 2 aromatic rings. The van der Waals surface area contributed by atoms with Gasteiger partial charge < -0.3 is 10.1 Å². The molecule has 3 aliphatic heterocycles. The van der Waals surface area contributed by atoms with Gasteiger partial charge >= 0.3 is 0 Å². The van der Waals surface area contributed by atoms with E-state index in [9.17, 15) is 9.59 Å². The first-order chi connectivity index (χ1) is 12.7. The maximum absolute atomic E-state index is 13.2. The molecule has 2 amide bonds. The monoisotopic (exact) mass is 346 g/mol. The van der Waals surface area contributed by atoms with Gasteiger partial charge in [0.1, 0.15) is 5.60 Å². The van der Waals surface area contributed by atoms with Crippen molar-refractivity contribution in [3.05, 3.63) is 72.8 Å². The Hall–Kier alpha value is -2.92. The van der Waals surface area contributed by atoms with E-state index < -0.39 is 17.4 Å². The summed E-state index contributed by atoms with van der Waals surface area (Å²) in [5.74, 6) is -1.26. The van der Waals surface area contributed by atoms with Crippen LogP contribution in [0.2, 0.25) is 0 Å². The molecule has 0 unspecified atom stereocenters. The molecule has 130 valence electrons. The third-order valence-corrected chi connectivity index (χ3v) is 5.51. The average Bonchev–Trinajstić information content (AvgIpc) is 3.32. The SMILES string of the molecule is O=C1[C@H]2[C@@H](C(=O)N1c1ccccc1)[C@@]1(CNc3ccccc3)C=C[C@H]2O1. The van der Waals surface area contributed by atoms with E-state index in [4.69, 9.17) is 4.74 Å². The smallest absolute Gasteiger partial charge is 0.241 e. The molecule has 5 nitrogen and oxygen atoms in total. The summed E-state index contributed by atoms with van der Waals surface area (Å²) < 4.78 is 6.13. The largest absolute Gasteiger partial charge is 0.382 e. The molecule has 0 aromatic heterocycles. The van der Waals surface area contributed by atoms with Crippen LogP contribution in [0.1, 0.15) is 0 Å².